The zero-order chi connectivity index (χ0) is 25.0. The third-order valence-electron chi connectivity index (χ3n) is 6.05. The summed E-state index contributed by atoms with van der Waals surface area (Å²) in [4.78, 5) is 32.1. The lowest BCUT2D eigenvalue weighted by Crippen LogP contribution is -2.50. The van der Waals surface area contributed by atoms with E-state index < -0.39 is 17.5 Å². The van der Waals surface area contributed by atoms with Crippen LogP contribution in [0.15, 0.2) is 47.1 Å². The molecule has 34 heavy (non-hydrogen) atoms. The predicted octanol–water partition coefficient (Wildman–Crippen LogP) is 6.06. The average Bonchev–Trinajstić information content (AvgIpc) is 3.56. The number of benzene rings is 1. The minimum Gasteiger partial charge on any atom is -0.444 e. The molecule has 2 amide bonds. The quantitative estimate of drug-likeness (QED) is 0.447. The summed E-state index contributed by atoms with van der Waals surface area (Å²) in [5, 5.41) is 2.98. The maximum Gasteiger partial charge on any atom is 0.407 e. The Morgan fingerprint density at radius 3 is 2.47 bits per heavy atom. The molecule has 2 aromatic rings. The van der Waals surface area contributed by atoms with E-state index in [2.05, 4.69) is 40.1 Å². The molecule has 1 fully saturated rings. The molecule has 0 spiro atoms. The summed E-state index contributed by atoms with van der Waals surface area (Å²) in [6.45, 7) is 9.87. The molecule has 4 atom stereocenters. The standard InChI is InChI=1S/C26H33BrFN3O3/c1-6-16(2)23(30-25(33)34-26(3,4)5)15-31(19-10-7-17(27)8-11-19)24(32)21-13-20(21)22-12-9-18(28)14-29-22/h7-12,14,16,20-21,23H,6,13,15H2,1-5H3,(H,30,33)/t16-,20?,21?,23+/m0/s1. The molecule has 1 heterocycles. The molecule has 1 aromatic heterocycles. The molecule has 0 bridgehead atoms. The number of rotatable bonds is 8. The molecular formula is C26H33BrFN3O3. The number of hydrogen-bond acceptors (Lipinski definition) is 4. The van der Waals surface area contributed by atoms with Gasteiger partial charge in [0.05, 0.1) is 12.2 Å². The molecule has 2 unspecified atom stereocenters. The Morgan fingerprint density at radius 1 is 1.24 bits per heavy atom. The SMILES string of the molecule is CC[C@H](C)[C@@H](CN(C(=O)C1CC1c1ccc(F)cn1)c1ccc(Br)cc1)NC(=O)OC(C)(C)C. The maximum absolute atomic E-state index is 13.7. The average molecular weight is 534 g/mol. The Balaban J connectivity index is 1.83. The summed E-state index contributed by atoms with van der Waals surface area (Å²) in [6, 6.07) is 10.3. The van der Waals surface area contributed by atoms with Crippen molar-refractivity contribution in [1.82, 2.24) is 10.3 Å². The number of halogens is 2. The molecule has 0 radical (unpaired) electrons. The number of carbonyl (C=O) groups is 2. The summed E-state index contributed by atoms with van der Waals surface area (Å²) in [5.41, 5.74) is 0.861. The number of anilines is 1. The van der Waals surface area contributed by atoms with Crippen molar-refractivity contribution >= 4 is 33.6 Å². The van der Waals surface area contributed by atoms with Gasteiger partial charge in [-0.3, -0.25) is 9.78 Å². The van der Waals surface area contributed by atoms with Crippen LogP contribution in [0.1, 0.15) is 59.1 Å². The second kappa shape index (κ2) is 10.8. The van der Waals surface area contributed by atoms with E-state index in [9.17, 15) is 14.0 Å². The molecule has 8 heteroatoms. The minimum absolute atomic E-state index is 0.0299. The fourth-order valence-electron chi connectivity index (χ4n) is 3.85. The zero-order valence-electron chi connectivity index (χ0n) is 20.3. The van der Waals surface area contributed by atoms with Gasteiger partial charge in [0.2, 0.25) is 5.91 Å². The van der Waals surface area contributed by atoms with Crippen LogP contribution >= 0.6 is 15.9 Å². The van der Waals surface area contributed by atoms with E-state index in [0.717, 1.165) is 22.3 Å². The van der Waals surface area contributed by atoms with Gasteiger partial charge in [0.15, 0.2) is 0 Å². The highest BCUT2D eigenvalue weighted by atomic mass is 79.9. The number of aromatic nitrogens is 1. The summed E-state index contributed by atoms with van der Waals surface area (Å²) in [5.74, 6) is -0.578. The molecule has 1 aliphatic rings. The minimum atomic E-state index is -0.616. The Labute approximate surface area is 209 Å². The molecule has 0 saturated heterocycles. The number of carbonyl (C=O) groups excluding carboxylic acids is 2. The van der Waals surface area contributed by atoms with E-state index >= 15 is 0 Å². The summed E-state index contributed by atoms with van der Waals surface area (Å²) in [6.07, 6.45) is 2.18. The van der Waals surface area contributed by atoms with E-state index in [1.807, 2.05) is 45.0 Å². The van der Waals surface area contributed by atoms with Gasteiger partial charge in [-0.05, 0) is 69.5 Å². The molecule has 1 saturated carbocycles. The fourth-order valence-corrected chi connectivity index (χ4v) is 4.12. The van der Waals surface area contributed by atoms with Gasteiger partial charge in [0, 0.05) is 34.2 Å². The van der Waals surface area contributed by atoms with Crippen LogP contribution in [0, 0.1) is 17.7 Å². The van der Waals surface area contributed by atoms with E-state index in [1.54, 1.807) is 11.0 Å². The first kappa shape index (κ1) is 26.1. The van der Waals surface area contributed by atoms with Crippen molar-refractivity contribution in [3.8, 4) is 0 Å². The fraction of sp³-hybridized carbons (Fsp3) is 0.500. The normalized spacial score (nSPS) is 19.1. The van der Waals surface area contributed by atoms with Crippen molar-refractivity contribution in [3.63, 3.8) is 0 Å². The zero-order valence-corrected chi connectivity index (χ0v) is 21.9. The topological polar surface area (TPSA) is 71.5 Å². The number of nitrogens with zero attached hydrogens (tertiary/aromatic N) is 2. The summed E-state index contributed by atoms with van der Waals surface area (Å²) >= 11 is 3.45. The van der Waals surface area contributed by atoms with Crippen molar-refractivity contribution in [2.45, 2.75) is 65.0 Å². The molecule has 6 nitrogen and oxygen atoms in total. The third kappa shape index (κ3) is 7.01. The van der Waals surface area contributed by atoms with Gasteiger partial charge in [0.25, 0.3) is 0 Å². The molecule has 184 valence electrons. The molecule has 1 N–H and O–H groups in total. The van der Waals surface area contributed by atoms with Crippen molar-refractivity contribution < 1.29 is 18.7 Å². The monoisotopic (exact) mass is 533 g/mol. The van der Waals surface area contributed by atoms with Gasteiger partial charge in [-0.2, -0.15) is 0 Å². The van der Waals surface area contributed by atoms with Crippen LogP contribution in [-0.2, 0) is 9.53 Å². The number of amides is 2. The molecule has 3 rings (SSSR count). The highest BCUT2D eigenvalue weighted by molar-refractivity contribution is 9.10. The lowest BCUT2D eigenvalue weighted by molar-refractivity contribution is -0.120. The van der Waals surface area contributed by atoms with Crippen LogP contribution in [0.2, 0.25) is 0 Å². The van der Waals surface area contributed by atoms with Crippen molar-refractivity contribution in [3.05, 3.63) is 58.6 Å². The highest BCUT2D eigenvalue weighted by Crippen LogP contribution is 2.48. The Hall–Kier alpha value is -2.48. The van der Waals surface area contributed by atoms with E-state index in [1.165, 1.54) is 12.3 Å². The number of ether oxygens (including phenoxy) is 1. The van der Waals surface area contributed by atoms with Gasteiger partial charge in [0.1, 0.15) is 11.4 Å². The van der Waals surface area contributed by atoms with Crippen LogP contribution in [-0.4, -0.2) is 35.2 Å². The Morgan fingerprint density at radius 2 is 1.91 bits per heavy atom. The van der Waals surface area contributed by atoms with Crippen LogP contribution in [0.3, 0.4) is 0 Å². The van der Waals surface area contributed by atoms with Crippen LogP contribution < -0.4 is 10.2 Å². The van der Waals surface area contributed by atoms with Crippen LogP contribution in [0.25, 0.3) is 0 Å². The molecule has 1 aliphatic carbocycles. The molecular weight excluding hydrogens is 501 g/mol. The lowest BCUT2D eigenvalue weighted by atomic mass is 9.98. The first-order valence-electron chi connectivity index (χ1n) is 11.7. The van der Waals surface area contributed by atoms with E-state index in [-0.39, 0.29) is 29.7 Å². The Bertz CT molecular complexity index is 992. The largest absolute Gasteiger partial charge is 0.444 e. The van der Waals surface area contributed by atoms with Crippen LogP contribution in [0.5, 0.6) is 0 Å². The van der Waals surface area contributed by atoms with Gasteiger partial charge in [-0.1, -0.05) is 36.2 Å². The number of alkyl carbamates (subject to hydrolysis) is 1. The molecule has 1 aromatic carbocycles. The van der Waals surface area contributed by atoms with E-state index in [0.29, 0.717) is 13.0 Å². The maximum atomic E-state index is 13.7. The predicted molar refractivity (Wildman–Crippen MR) is 134 cm³/mol. The van der Waals surface area contributed by atoms with E-state index in [4.69, 9.17) is 4.74 Å². The van der Waals surface area contributed by atoms with Gasteiger partial charge < -0.3 is 15.0 Å². The Kier molecular flexibility index (Phi) is 8.34. The smallest absolute Gasteiger partial charge is 0.407 e. The number of hydrogen-bond donors (Lipinski definition) is 1. The van der Waals surface area contributed by atoms with Crippen molar-refractivity contribution in [2.24, 2.45) is 11.8 Å². The number of nitrogens with one attached hydrogen (secondary N) is 1. The van der Waals surface area contributed by atoms with Gasteiger partial charge >= 0.3 is 6.09 Å². The lowest BCUT2D eigenvalue weighted by Gasteiger charge is -2.32. The molecule has 0 aliphatic heterocycles. The van der Waals surface area contributed by atoms with Gasteiger partial charge in [-0.25, -0.2) is 9.18 Å². The van der Waals surface area contributed by atoms with Gasteiger partial charge in [-0.15, -0.1) is 0 Å². The number of pyridine rings is 1. The summed E-state index contributed by atoms with van der Waals surface area (Å²) < 4.78 is 19.7. The third-order valence-corrected chi connectivity index (χ3v) is 6.58. The van der Waals surface area contributed by atoms with Crippen LogP contribution in [0.4, 0.5) is 14.9 Å². The first-order valence-corrected chi connectivity index (χ1v) is 12.5. The van der Waals surface area contributed by atoms with Crippen molar-refractivity contribution in [2.75, 3.05) is 11.4 Å². The summed E-state index contributed by atoms with van der Waals surface area (Å²) in [7, 11) is 0. The highest BCUT2D eigenvalue weighted by Gasteiger charge is 2.47. The first-order chi connectivity index (χ1) is 16.0. The second-order valence-corrected chi connectivity index (χ2v) is 10.8. The second-order valence-electron chi connectivity index (χ2n) is 9.91. The van der Waals surface area contributed by atoms with Crippen molar-refractivity contribution in [1.29, 1.82) is 0 Å².